The van der Waals surface area contributed by atoms with Crippen LogP contribution in [0.25, 0.3) is 0 Å². The Kier molecular flexibility index (Phi) is 2.32. The molecule has 1 radical (unpaired) electrons. The molecule has 0 saturated heterocycles. The van der Waals surface area contributed by atoms with Crippen LogP contribution in [-0.4, -0.2) is 16.0 Å². The lowest BCUT2D eigenvalue weighted by Crippen LogP contribution is -2.24. The molecule has 1 aliphatic rings. The number of hydrogen-bond donors (Lipinski definition) is 1. The molecule has 0 spiro atoms. The zero-order chi connectivity index (χ0) is 5.98. The van der Waals surface area contributed by atoms with Crippen LogP contribution in [0.5, 0.6) is 0 Å². The molecular formula is C6H10BrO. The van der Waals surface area contributed by atoms with Gasteiger partial charge in [-0.1, -0.05) is 22.4 Å². The molecule has 1 fully saturated rings. The summed E-state index contributed by atoms with van der Waals surface area (Å²) in [6.07, 6.45) is 5.15. The molecular weight excluding hydrogens is 168 g/mol. The van der Waals surface area contributed by atoms with Gasteiger partial charge in [-0.2, -0.15) is 0 Å². The quantitative estimate of drug-likeness (QED) is 0.557. The fourth-order valence-corrected chi connectivity index (χ4v) is 1.46. The first-order chi connectivity index (χ1) is 3.80. The molecule has 2 atom stereocenters. The average Bonchev–Trinajstić information content (AvgIpc) is 1.77. The number of aliphatic hydroxyl groups is 1. The fraction of sp³-hybridized carbons (Fsp3) is 0.833. The molecule has 0 heterocycles. The lowest BCUT2D eigenvalue weighted by Gasteiger charge is -2.21. The number of hydrogen-bond acceptors (Lipinski definition) is 1. The van der Waals surface area contributed by atoms with Gasteiger partial charge in [0.15, 0.2) is 0 Å². The van der Waals surface area contributed by atoms with Crippen LogP contribution in [0.15, 0.2) is 0 Å². The van der Waals surface area contributed by atoms with Gasteiger partial charge in [-0.05, 0) is 19.3 Å². The highest BCUT2D eigenvalue weighted by atomic mass is 79.9. The molecule has 2 unspecified atom stereocenters. The predicted octanol–water partition coefficient (Wildman–Crippen LogP) is 1.50. The van der Waals surface area contributed by atoms with Gasteiger partial charge < -0.3 is 5.11 Å². The maximum Gasteiger partial charge on any atom is 0.0696 e. The summed E-state index contributed by atoms with van der Waals surface area (Å²) in [5, 5.41) is 9.08. The van der Waals surface area contributed by atoms with Gasteiger partial charge in [0.2, 0.25) is 0 Å². The molecule has 47 valence electrons. The van der Waals surface area contributed by atoms with Crippen LogP contribution in [-0.2, 0) is 0 Å². The van der Waals surface area contributed by atoms with Crippen molar-refractivity contribution in [1.82, 2.24) is 0 Å². The predicted molar refractivity (Wildman–Crippen MR) is 36.9 cm³/mol. The summed E-state index contributed by atoms with van der Waals surface area (Å²) in [4.78, 5) is 0.316. The SMILES string of the molecule is OC1[CH]CCCC1Br. The van der Waals surface area contributed by atoms with Crippen molar-refractivity contribution in [3.05, 3.63) is 6.42 Å². The molecule has 0 amide bonds. The summed E-state index contributed by atoms with van der Waals surface area (Å²) < 4.78 is 0. The average molecular weight is 178 g/mol. The van der Waals surface area contributed by atoms with E-state index in [-0.39, 0.29) is 6.10 Å². The van der Waals surface area contributed by atoms with Crippen molar-refractivity contribution >= 4 is 15.9 Å². The largest absolute Gasteiger partial charge is 0.392 e. The van der Waals surface area contributed by atoms with E-state index in [1.54, 1.807) is 0 Å². The second kappa shape index (κ2) is 2.83. The Labute approximate surface area is 58.2 Å². The van der Waals surface area contributed by atoms with Gasteiger partial charge >= 0.3 is 0 Å². The van der Waals surface area contributed by atoms with Crippen molar-refractivity contribution in [1.29, 1.82) is 0 Å². The zero-order valence-electron chi connectivity index (χ0n) is 4.68. The third-order valence-corrected chi connectivity index (χ3v) is 2.46. The van der Waals surface area contributed by atoms with Crippen molar-refractivity contribution in [3.63, 3.8) is 0 Å². The summed E-state index contributed by atoms with van der Waals surface area (Å²) in [5.74, 6) is 0. The van der Waals surface area contributed by atoms with Crippen LogP contribution < -0.4 is 0 Å². The highest BCUT2D eigenvalue weighted by molar-refractivity contribution is 9.09. The van der Waals surface area contributed by atoms with Gasteiger partial charge in [-0.25, -0.2) is 0 Å². The van der Waals surface area contributed by atoms with E-state index in [4.69, 9.17) is 5.11 Å². The normalized spacial score (nSPS) is 39.8. The van der Waals surface area contributed by atoms with Gasteiger partial charge in [0, 0.05) is 4.83 Å². The summed E-state index contributed by atoms with van der Waals surface area (Å²) in [6.45, 7) is 0. The Balaban J connectivity index is 2.28. The monoisotopic (exact) mass is 177 g/mol. The summed E-state index contributed by atoms with van der Waals surface area (Å²) in [5.41, 5.74) is 0. The Bertz CT molecular complexity index is 64.9. The van der Waals surface area contributed by atoms with E-state index in [1.165, 1.54) is 6.42 Å². The van der Waals surface area contributed by atoms with E-state index in [0.717, 1.165) is 12.8 Å². The van der Waals surface area contributed by atoms with E-state index in [9.17, 15) is 0 Å². The Morgan fingerprint density at radius 2 is 2.38 bits per heavy atom. The number of rotatable bonds is 0. The van der Waals surface area contributed by atoms with E-state index in [1.807, 2.05) is 6.42 Å². The van der Waals surface area contributed by atoms with E-state index in [0.29, 0.717) is 4.83 Å². The number of halogens is 1. The van der Waals surface area contributed by atoms with Crippen molar-refractivity contribution < 1.29 is 5.11 Å². The summed E-state index contributed by atoms with van der Waals surface area (Å²) in [7, 11) is 0. The molecule has 1 rings (SSSR count). The molecule has 0 aromatic carbocycles. The number of alkyl halides is 1. The van der Waals surface area contributed by atoms with E-state index < -0.39 is 0 Å². The van der Waals surface area contributed by atoms with Crippen LogP contribution >= 0.6 is 15.9 Å². The maximum atomic E-state index is 9.08. The van der Waals surface area contributed by atoms with Gasteiger partial charge in [0.25, 0.3) is 0 Å². The topological polar surface area (TPSA) is 20.2 Å². The van der Waals surface area contributed by atoms with Crippen molar-refractivity contribution in [3.8, 4) is 0 Å². The molecule has 1 nitrogen and oxygen atoms in total. The zero-order valence-corrected chi connectivity index (χ0v) is 6.26. The standard InChI is InChI=1S/C6H10BrO/c7-5-3-1-2-4-6(5)8/h4-6,8H,1-3H2. The van der Waals surface area contributed by atoms with Crippen LogP contribution in [0.1, 0.15) is 19.3 Å². The minimum absolute atomic E-state index is 0.205. The molecule has 1 aliphatic carbocycles. The van der Waals surface area contributed by atoms with Crippen LogP contribution in [0.4, 0.5) is 0 Å². The number of aliphatic hydroxyl groups excluding tert-OH is 1. The first-order valence-electron chi connectivity index (χ1n) is 2.96. The third-order valence-electron chi connectivity index (χ3n) is 1.46. The van der Waals surface area contributed by atoms with Gasteiger partial charge in [-0.15, -0.1) is 0 Å². The second-order valence-electron chi connectivity index (χ2n) is 2.17. The van der Waals surface area contributed by atoms with Gasteiger partial charge in [-0.3, -0.25) is 0 Å². The van der Waals surface area contributed by atoms with Crippen molar-refractivity contribution in [2.24, 2.45) is 0 Å². The smallest absolute Gasteiger partial charge is 0.0696 e. The molecule has 2 heteroatoms. The molecule has 0 aromatic rings. The van der Waals surface area contributed by atoms with Crippen molar-refractivity contribution in [2.45, 2.75) is 30.2 Å². The molecule has 0 aliphatic heterocycles. The Morgan fingerprint density at radius 1 is 1.62 bits per heavy atom. The Morgan fingerprint density at radius 3 is 2.75 bits per heavy atom. The highest BCUT2D eigenvalue weighted by Gasteiger charge is 2.19. The van der Waals surface area contributed by atoms with Crippen LogP contribution in [0, 0.1) is 6.42 Å². The lowest BCUT2D eigenvalue weighted by molar-refractivity contribution is 0.183. The minimum atomic E-state index is -0.205. The summed E-state index contributed by atoms with van der Waals surface area (Å²) >= 11 is 3.37. The first-order valence-corrected chi connectivity index (χ1v) is 3.88. The second-order valence-corrected chi connectivity index (χ2v) is 3.35. The summed E-state index contributed by atoms with van der Waals surface area (Å²) in [6, 6.07) is 0. The highest BCUT2D eigenvalue weighted by Crippen LogP contribution is 2.22. The third kappa shape index (κ3) is 1.46. The van der Waals surface area contributed by atoms with Gasteiger partial charge in [0.1, 0.15) is 0 Å². The van der Waals surface area contributed by atoms with E-state index in [2.05, 4.69) is 15.9 Å². The fourth-order valence-electron chi connectivity index (χ4n) is 0.920. The van der Waals surface area contributed by atoms with Gasteiger partial charge in [0.05, 0.1) is 6.10 Å². The van der Waals surface area contributed by atoms with Crippen LogP contribution in [0.3, 0.4) is 0 Å². The molecule has 0 bridgehead atoms. The lowest BCUT2D eigenvalue weighted by atomic mass is 9.98. The van der Waals surface area contributed by atoms with E-state index >= 15 is 0 Å². The molecule has 8 heavy (non-hydrogen) atoms. The minimum Gasteiger partial charge on any atom is -0.392 e. The maximum absolute atomic E-state index is 9.08. The van der Waals surface area contributed by atoms with Crippen LogP contribution in [0.2, 0.25) is 0 Å². The first kappa shape index (κ1) is 6.56. The Hall–Kier alpha value is 0.440. The molecule has 0 aromatic heterocycles. The molecule has 1 saturated carbocycles. The molecule has 1 N–H and O–H groups in total. The van der Waals surface area contributed by atoms with Crippen molar-refractivity contribution in [2.75, 3.05) is 0 Å².